The molecule has 3 saturated heterocycles. The Hall–Kier alpha value is -8.96. The Morgan fingerprint density at radius 2 is 0.774 bits per heavy atom. The monoisotopic (exact) mass is 1200 g/mol. The van der Waals surface area contributed by atoms with Gasteiger partial charge in [0, 0.05) is 25.9 Å². The van der Waals surface area contributed by atoms with E-state index in [1.54, 1.807) is 0 Å². The zero-order valence-electron chi connectivity index (χ0n) is 46.5. The fourth-order valence-electron chi connectivity index (χ4n) is 9.40. The number of carboxylic acid groups (broad SMARTS) is 2. The average molecular weight is 1200 g/mol. The molecule has 0 aromatic carbocycles. The largest absolute Gasteiger partial charge is 0.481 e. The second-order valence-electron chi connectivity index (χ2n) is 20.5. The molecule has 0 aromatic rings. The Bertz CT molecular complexity index is 2350. The summed E-state index contributed by atoms with van der Waals surface area (Å²) in [6.45, 7) is 1.87. The lowest BCUT2D eigenvalue weighted by Gasteiger charge is -2.32. The molecule has 0 unspecified atom stereocenters. The van der Waals surface area contributed by atoms with E-state index in [0.717, 1.165) is 23.6 Å². The molecule has 36 heteroatoms. The zero-order chi connectivity index (χ0) is 63.1. The van der Waals surface area contributed by atoms with Gasteiger partial charge in [-0.3, -0.25) is 100 Å². The number of aliphatic carboxylic acids is 2. The number of aliphatic hydroxyl groups is 2. The molecule has 3 aliphatic heterocycles. The van der Waals surface area contributed by atoms with Crippen LogP contribution in [0.15, 0.2) is 0 Å². The van der Waals surface area contributed by atoms with Gasteiger partial charge in [0.25, 0.3) is 0 Å². The number of carboxylic acids is 2. The van der Waals surface area contributed by atoms with Crippen molar-refractivity contribution in [2.75, 3.05) is 26.2 Å². The fraction of sp³-hybridized carbons (Fsp3) is 0.667. The van der Waals surface area contributed by atoms with E-state index < -0.39 is 194 Å². The quantitative estimate of drug-likeness (QED) is 0.0306. The summed E-state index contributed by atoms with van der Waals surface area (Å²) >= 11 is 0. The van der Waals surface area contributed by atoms with Crippen LogP contribution < -0.4 is 86.9 Å². The van der Waals surface area contributed by atoms with Gasteiger partial charge in [0.1, 0.15) is 60.4 Å². The maximum absolute atomic E-state index is 14.5. The number of nitrogens with one attached hydrogen (secondary N) is 10. The highest BCUT2D eigenvalue weighted by atomic mass is 16.4. The first kappa shape index (κ1) is 69.3. The Kier molecular flexibility index (Phi) is 27.4. The fourth-order valence-corrected chi connectivity index (χ4v) is 9.40. The summed E-state index contributed by atoms with van der Waals surface area (Å²) < 4.78 is 0. The van der Waals surface area contributed by atoms with Crippen molar-refractivity contribution in [2.45, 2.75) is 176 Å². The zero-order valence-corrected chi connectivity index (χ0v) is 46.5. The predicted molar refractivity (Wildman–Crippen MR) is 287 cm³/mol. The molecule has 0 saturated carbocycles. The van der Waals surface area contributed by atoms with E-state index in [1.807, 2.05) is 0 Å². The van der Waals surface area contributed by atoms with Gasteiger partial charge in [-0.15, -0.1) is 0 Å². The van der Waals surface area contributed by atoms with E-state index in [0.29, 0.717) is 0 Å². The van der Waals surface area contributed by atoms with Crippen molar-refractivity contribution in [2.24, 2.45) is 34.4 Å². The van der Waals surface area contributed by atoms with Gasteiger partial charge in [-0.2, -0.15) is 0 Å². The first-order chi connectivity index (χ1) is 39.4. The molecule has 12 amide bonds. The lowest BCUT2D eigenvalue weighted by Crippen LogP contribution is -2.78. The number of hydrogen-bond donors (Lipinski definition) is 20. The first-order valence-electron chi connectivity index (χ1n) is 27.1. The SMILES string of the molecule is C[C@H](O)[C@H]1NC(=O)[C@H](CCC(N)=O)NC(=O)[C@H](CC(=O)O)NC(=O)[C@@H]2CCCN2C(=O)[C@H](CCC[NH+]=C(N)N)NC(=O)[C@H]([C@@H](C)O)NC(=O)[C@@H](CCC(N)=O)NC(=O)[C@@H](CC(=O)O)NC(=O)[C@H]2CCCN2C(=O)[C@@H](CCC[NH+]=C(N)N)NC1=O. The highest BCUT2D eigenvalue weighted by molar-refractivity contribution is 6.01. The van der Waals surface area contributed by atoms with Crippen LogP contribution in [0.5, 0.6) is 0 Å². The van der Waals surface area contributed by atoms with Crippen LogP contribution in [0, 0.1) is 0 Å². The standard InChI is InChI=1S/C48H78N18O18/c1-21(67)35-43(81)59-25(7-3-15-55-47(51)52)45(83)65-17-5-9-29(65)41(79)62-28(20-34(73)74)40(78)58-24(12-14-32(50)70)38(76)64-36(22(2)68)44(82)60-26(8-4-16-56-48(53)54)46(84)66-18-6-10-30(66)42(80)61-27(19-33(71)72)39(77)57-23(37(75)63-35)11-13-31(49)69/h21-30,35-36,67-68H,3-20H2,1-2H3,(H2,49,69)(H2,50,70)(H,57,77)(H,58,78)(H,59,81)(H,60,82)(H,61,80)(H,62,79)(H,63,75)(H,64,76)(H,71,72)(H,73,74)(H4,51,52,55)(H4,53,54,56)/p+2/t21-,22+,23-,24+,25+,26-,27-,28+,29+,30-,35+,36-. The molecule has 3 heterocycles. The minimum atomic E-state index is -2.01. The first-order valence-corrected chi connectivity index (χ1v) is 27.1. The number of rotatable bonds is 20. The second-order valence-corrected chi connectivity index (χ2v) is 20.5. The Morgan fingerprint density at radius 1 is 0.464 bits per heavy atom. The number of hydrogen-bond acceptors (Lipinski definition) is 16. The lowest BCUT2D eigenvalue weighted by molar-refractivity contribution is -0.460. The van der Waals surface area contributed by atoms with Crippen LogP contribution in [-0.4, -0.2) is 224 Å². The van der Waals surface area contributed by atoms with E-state index >= 15 is 0 Å². The molecule has 3 rings (SSSR count). The number of carbonyl (C=O) groups excluding carboxylic acids is 12. The van der Waals surface area contributed by atoms with Crippen molar-refractivity contribution in [3.63, 3.8) is 0 Å². The van der Waals surface area contributed by atoms with Crippen LogP contribution in [0.3, 0.4) is 0 Å². The molecule has 3 aliphatic rings. The Morgan fingerprint density at radius 3 is 1.07 bits per heavy atom. The summed E-state index contributed by atoms with van der Waals surface area (Å²) in [5, 5.41) is 60.0. The molecule has 0 radical (unpaired) electrons. The number of amides is 12. The number of nitrogens with two attached hydrogens (primary N) is 6. The minimum absolute atomic E-state index is 0.0194. The molecule has 0 aliphatic carbocycles. The number of carbonyl (C=O) groups is 14. The molecule has 468 valence electrons. The van der Waals surface area contributed by atoms with Crippen molar-refractivity contribution in [1.82, 2.24) is 52.3 Å². The van der Waals surface area contributed by atoms with E-state index in [-0.39, 0.29) is 89.5 Å². The Labute approximate surface area is 480 Å². The third-order valence-corrected chi connectivity index (χ3v) is 13.7. The van der Waals surface area contributed by atoms with E-state index in [9.17, 15) is 87.5 Å². The van der Waals surface area contributed by atoms with E-state index in [2.05, 4.69) is 52.5 Å². The van der Waals surface area contributed by atoms with Gasteiger partial charge in [-0.05, 0) is 78.1 Å². The second kappa shape index (κ2) is 33.2. The third kappa shape index (κ3) is 22.1. The topological polar surface area (TPSA) is 607 Å². The van der Waals surface area contributed by atoms with Crippen molar-refractivity contribution >= 4 is 94.7 Å². The van der Waals surface area contributed by atoms with E-state index in [4.69, 9.17) is 34.4 Å². The molecular formula is C48H80N18O18+2. The maximum Gasteiger partial charge on any atom is 0.338 e. The number of guanidine groups is 2. The maximum atomic E-state index is 14.5. The predicted octanol–water partition coefficient (Wildman–Crippen LogP) is -13.6. The number of primary amides is 2. The van der Waals surface area contributed by atoms with Gasteiger partial charge in [-0.1, -0.05) is 0 Å². The molecule has 26 N–H and O–H groups in total. The minimum Gasteiger partial charge on any atom is -0.481 e. The average Bonchev–Trinajstić information content (AvgIpc) is 3.90. The molecule has 84 heavy (non-hydrogen) atoms. The number of aliphatic hydroxyl groups excluding tert-OH is 2. The summed E-state index contributed by atoms with van der Waals surface area (Å²) in [5.41, 5.74) is 32.8. The normalized spacial score (nSPS) is 26.4. The summed E-state index contributed by atoms with van der Waals surface area (Å²) in [6.07, 6.45) is -8.53. The van der Waals surface area contributed by atoms with Crippen LogP contribution in [0.2, 0.25) is 0 Å². The molecule has 0 spiro atoms. The third-order valence-electron chi connectivity index (χ3n) is 13.7. The Balaban J connectivity index is 2.26. The molecule has 3 fully saturated rings. The van der Waals surface area contributed by atoms with Gasteiger partial charge in [0.15, 0.2) is 0 Å². The summed E-state index contributed by atoms with van der Waals surface area (Å²) in [5.74, 6) is -17.3. The summed E-state index contributed by atoms with van der Waals surface area (Å²) in [4.78, 5) is 198. The highest BCUT2D eigenvalue weighted by Gasteiger charge is 2.44. The van der Waals surface area contributed by atoms with Gasteiger partial charge >= 0.3 is 23.9 Å². The van der Waals surface area contributed by atoms with Crippen molar-refractivity contribution in [1.29, 1.82) is 0 Å². The van der Waals surface area contributed by atoms with Crippen LogP contribution in [0.1, 0.15) is 104 Å². The summed E-state index contributed by atoms with van der Waals surface area (Å²) in [6, 6.07) is -17.7. The molecule has 36 nitrogen and oxygen atoms in total. The van der Waals surface area contributed by atoms with Gasteiger partial charge in [0.05, 0.1) is 38.1 Å². The van der Waals surface area contributed by atoms with Gasteiger partial charge in [0.2, 0.25) is 70.9 Å². The van der Waals surface area contributed by atoms with Gasteiger partial charge < -0.3 is 84.2 Å². The summed E-state index contributed by atoms with van der Waals surface area (Å²) in [7, 11) is 0. The van der Waals surface area contributed by atoms with Crippen LogP contribution in [0.4, 0.5) is 0 Å². The number of nitrogens with zero attached hydrogens (tertiary/aromatic N) is 2. The smallest absolute Gasteiger partial charge is 0.338 e. The highest BCUT2D eigenvalue weighted by Crippen LogP contribution is 2.22. The van der Waals surface area contributed by atoms with Crippen molar-refractivity contribution in [3.05, 3.63) is 0 Å². The molecule has 0 aromatic heterocycles. The lowest BCUT2D eigenvalue weighted by atomic mass is 10.0. The van der Waals surface area contributed by atoms with E-state index in [1.165, 1.54) is 0 Å². The van der Waals surface area contributed by atoms with Crippen LogP contribution >= 0.6 is 0 Å². The molecule has 12 atom stereocenters. The van der Waals surface area contributed by atoms with Gasteiger partial charge in [-0.25, -0.2) is 0 Å². The molecule has 0 bridgehead atoms. The van der Waals surface area contributed by atoms with Crippen molar-refractivity contribution < 1.29 is 97.5 Å². The number of fused-ring (bicyclic) bond motifs is 2. The van der Waals surface area contributed by atoms with Crippen molar-refractivity contribution in [3.8, 4) is 0 Å². The van der Waals surface area contributed by atoms with Crippen LogP contribution in [0.25, 0.3) is 0 Å². The molecular weight excluding hydrogens is 1120 g/mol. The van der Waals surface area contributed by atoms with Crippen LogP contribution in [-0.2, 0) is 67.1 Å².